The van der Waals surface area contributed by atoms with Crippen molar-refractivity contribution in [3.63, 3.8) is 0 Å². The third kappa shape index (κ3) is 4.94. The van der Waals surface area contributed by atoms with E-state index in [0.29, 0.717) is 37.6 Å². The van der Waals surface area contributed by atoms with Gasteiger partial charge >= 0.3 is 0 Å². The molecule has 0 aliphatic carbocycles. The molecule has 2 aromatic heterocycles. The van der Waals surface area contributed by atoms with E-state index in [1.807, 2.05) is 38.1 Å². The molecule has 0 atom stereocenters. The summed E-state index contributed by atoms with van der Waals surface area (Å²) in [6.45, 7) is 3.23. The number of benzene rings is 1. The Balaban J connectivity index is 1.56. The predicted molar refractivity (Wildman–Crippen MR) is 108 cm³/mol. The fourth-order valence-corrected chi connectivity index (χ4v) is 2.84. The van der Waals surface area contributed by atoms with E-state index in [-0.39, 0.29) is 5.91 Å². The van der Waals surface area contributed by atoms with Gasteiger partial charge in [0, 0.05) is 63.7 Å². The molecule has 0 aliphatic rings. The van der Waals surface area contributed by atoms with Gasteiger partial charge in [-0.2, -0.15) is 4.98 Å². The Morgan fingerprint density at radius 2 is 1.79 bits per heavy atom. The summed E-state index contributed by atoms with van der Waals surface area (Å²) in [6, 6.07) is 11.9. The zero-order valence-corrected chi connectivity index (χ0v) is 16.5. The predicted octanol–water partition coefficient (Wildman–Crippen LogP) is 3.18. The van der Waals surface area contributed by atoms with E-state index in [0.717, 1.165) is 16.8 Å². The Hall–Kier alpha value is -3.22. The molecule has 7 heteroatoms. The molecule has 28 heavy (non-hydrogen) atoms. The minimum Gasteiger partial charge on any atom is -0.378 e. The van der Waals surface area contributed by atoms with Gasteiger partial charge in [-0.3, -0.25) is 9.78 Å². The number of anilines is 1. The van der Waals surface area contributed by atoms with E-state index in [9.17, 15) is 4.79 Å². The van der Waals surface area contributed by atoms with Crippen LogP contribution in [0.3, 0.4) is 0 Å². The lowest BCUT2D eigenvalue weighted by Gasteiger charge is -2.21. The van der Waals surface area contributed by atoms with E-state index in [2.05, 4.69) is 44.3 Å². The number of aryl methyl sites for hydroxylation is 1. The summed E-state index contributed by atoms with van der Waals surface area (Å²) < 4.78 is 5.28. The van der Waals surface area contributed by atoms with Crippen LogP contribution in [0.15, 0.2) is 53.3 Å². The van der Waals surface area contributed by atoms with Crippen molar-refractivity contribution in [1.82, 2.24) is 20.0 Å². The Morgan fingerprint density at radius 1 is 1.07 bits per heavy atom. The second-order valence-corrected chi connectivity index (χ2v) is 6.72. The molecule has 3 rings (SSSR count). The number of hydrogen-bond acceptors (Lipinski definition) is 6. The van der Waals surface area contributed by atoms with E-state index in [4.69, 9.17) is 4.52 Å². The molecule has 1 aromatic carbocycles. The molecule has 146 valence electrons. The lowest BCUT2D eigenvalue weighted by molar-refractivity contribution is -0.131. The van der Waals surface area contributed by atoms with Gasteiger partial charge in [-0.05, 0) is 36.8 Å². The highest BCUT2D eigenvalue weighted by Gasteiger charge is 2.15. The van der Waals surface area contributed by atoms with Crippen molar-refractivity contribution < 1.29 is 9.32 Å². The SMILES string of the molecule is CCN(Cc1ccc(N(C)C)cc1)C(=O)CCc1nc(-c2ccncc2)no1. The van der Waals surface area contributed by atoms with E-state index in [1.165, 1.54) is 0 Å². The van der Waals surface area contributed by atoms with Crippen molar-refractivity contribution >= 4 is 11.6 Å². The summed E-state index contributed by atoms with van der Waals surface area (Å²) in [5, 5.41) is 3.98. The lowest BCUT2D eigenvalue weighted by Crippen LogP contribution is -2.30. The number of hydrogen-bond donors (Lipinski definition) is 0. The number of nitrogens with zero attached hydrogens (tertiary/aromatic N) is 5. The van der Waals surface area contributed by atoms with Crippen LogP contribution < -0.4 is 4.90 Å². The molecule has 0 spiro atoms. The maximum absolute atomic E-state index is 12.6. The molecule has 0 saturated carbocycles. The Labute approximate surface area is 165 Å². The normalized spacial score (nSPS) is 10.7. The molecule has 3 aromatic rings. The summed E-state index contributed by atoms with van der Waals surface area (Å²) >= 11 is 0. The van der Waals surface area contributed by atoms with Crippen LogP contribution >= 0.6 is 0 Å². The van der Waals surface area contributed by atoms with Crippen LogP contribution in [-0.4, -0.2) is 46.6 Å². The van der Waals surface area contributed by atoms with Crippen LogP contribution in [0.1, 0.15) is 24.8 Å². The first kappa shape index (κ1) is 19.5. The molecule has 2 heterocycles. The molecule has 0 unspecified atom stereocenters. The van der Waals surface area contributed by atoms with Crippen molar-refractivity contribution in [2.75, 3.05) is 25.5 Å². The van der Waals surface area contributed by atoms with Crippen molar-refractivity contribution in [1.29, 1.82) is 0 Å². The molecule has 0 bridgehead atoms. The van der Waals surface area contributed by atoms with Crippen molar-refractivity contribution in [2.24, 2.45) is 0 Å². The largest absolute Gasteiger partial charge is 0.378 e. The molecule has 0 radical (unpaired) electrons. The molecule has 1 amide bonds. The van der Waals surface area contributed by atoms with Crippen LogP contribution in [0.5, 0.6) is 0 Å². The smallest absolute Gasteiger partial charge is 0.227 e. The summed E-state index contributed by atoms with van der Waals surface area (Å²) in [5.74, 6) is 1.05. The van der Waals surface area contributed by atoms with Gasteiger partial charge in [0.2, 0.25) is 17.6 Å². The van der Waals surface area contributed by atoms with Gasteiger partial charge in [-0.15, -0.1) is 0 Å². The third-order valence-electron chi connectivity index (χ3n) is 4.52. The number of rotatable bonds is 8. The van der Waals surface area contributed by atoms with E-state index < -0.39 is 0 Å². The lowest BCUT2D eigenvalue weighted by atomic mass is 10.1. The summed E-state index contributed by atoms with van der Waals surface area (Å²) in [6.07, 6.45) is 4.12. The quantitative estimate of drug-likeness (QED) is 0.598. The average molecular weight is 379 g/mol. The summed E-state index contributed by atoms with van der Waals surface area (Å²) in [5.41, 5.74) is 3.09. The number of amides is 1. The molecular formula is C21H25N5O2. The molecular weight excluding hydrogens is 354 g/mol. The second-order valence-electron chi connectivity index (χ2n) is 6.72. The topological polar surface area (TPSA) is 75.4 Å². The van der Waals surface area contributed by atoms with Crippen LogP contribution in [-0.2, 0) is 17.8 Å². The van der Waals surface area contributed by atoms with Crippen molar-refractivity contribution in [3.05, 3.63) is 60.2 Å². The highest BCUT2D eigenvalue weighted by Crippen LogP contribution is 2.16. The van der Waals surface area contributed by atoms with Gasteiger partial charge in [0.25, 0.3) is 0 Å². The van der Waals surface area contributed by atoms with Crippen molar-refractivity contribution in [2.45, 2.75) is 26.3 Å². The first-order valence-corrected chi connectivity index (χ1v) is 9.34. The minimum absolute atomic E-state index is 0.0721. The van der Waals surface area contributed by atoms with E-state index >= 15 is 0 Å². The van der Waals surface area contributed by atoms with E-state index in [1.54, 1.807) is 12.4 Å². The van der Waals surface area contributed by atoms with Crippen LogP contribution in [0.25, 0.3) is 11.4 Å². The maximum Gasteiger partial charge on any atom is 0.227 e. The van der Waals surface area contributed by atoms with Gasteiger partial charge in [-0.1, -0.05) is 17.3 Å². The molecule has 7 nitrogen and oxygen atoms in total. The zero-order valence-electron chi connectivity index (χ0n) is 16.5. The molecule has 0 saturated heterocycles. The van der Waals surface area contributed by atoms with Crippen LogP contribution in [0.4, 0.5) is 5.69 Å². The Bertz CT molecular complexity index is 891. The average Bonchev–Trinajstić information content (AvgIpc) is 3.20. The van der Waals surface area contributed by atoms with Gasteiger partial charge in [0.15, 0.2) is 0 Å². The highest BCUT2D eigenvalue weighted by molar-refractivity contribution is 5.76. The third-order valence-corrected chi connectivity index (χ3v) is 4.52. The van der Waals surface area contributed by atoms with Gasteiger partial charge in [0.05, 0.1) is 0 Å². The van der Waals surface area contributed by atoms with Crippen LogP contribution in [0, 0.1) is 0 Å². The fraction of sp³-hybridized carbons (Fsp3) is 0.333. The van der Waals surface area contributed by atoms with Gasteiger partial charge in [-0.25, -0.2) is 0 Å². The second kappa shape index (κ2) is 9.12. The highest BCUT2D eigenvalue weighted by atomic mass is 16.5. The number of carbonyl (C=O) groups excluding carboxylic acids is 1. The maximum atomic E-state index is 12.6. The van der Waals surface area contributed by atoms with Gasteiger partial charge in [0.1, 0.15) is 0 Å². The molecule has 0 fully saturated rings. The molecule has 0 aliphatic heterocycles. The Kier molecular flexibility index (Phi) is 6.37. The Morgan fingerprint density at radius 3 is 2.43 bits per heavy atom. The zero-order chi connectivity index (χ0) is 19.9. The monoisotopic (exact) mass is 379 g/mol. The minimum atomic E-state index is 0.0721. The first-order chi connectivity index (χ1) is 13.6. The summed E-state index contributed by atoms with van der Waals surface area (Å²) in [4.78, 5) is 24.9. The van der Waals surface area contributed by atoms with Crippen LogP contribution in [0.2, 0.25) is 0 Å². The standard InChI is InChI=1S/C21H25N5O2/c1-4-26(15-16-5-7-18(8-6-16)25(2)3)20(27)10-9-19-23-21(24-28-19)17-11-13-22-14-12-17/h5-8,11-14H,4,9-10,15H2,1-3H3. The van der Waals surface area contributed by atoms with Crippen molar-refractivity contribution in [3.8, 4) is 11.4 Å². The first-order valence-electron chi connectivity index (χ1n) is 9.34. The summed E-state index contributed by atoms with van der Waals surface area (Å²) in [7, 11) is 4.02. The number of pyridine rings is 1. The molecule has 0 N–H and O–H groups in total. The fourth-order valence-electron chi connectivity index (χ4n) is 2.84. The number of carbonyl (C=O) groups is 1. The number of aromatic nitrogens is 3. The van der Waals surface area contributed by atoms with Gasteiger partial charge < -0.3 is 14.3 Å².